The maximum Gasteiger partial charge on any atom is 0.410 e. The van der Waals surface area contributed by atoms with Gasteiger partial charge < -0.3 is 9.64 Å². The molecule has 1 spiro atoms. The van der Waals surface area contributed by atoms with Gasteiger partial charge in [-0.05, 0) is 24.3 Å². The average Bonchev–Trinajstić information content (AvgIpc) is 3.29. The number of rotatable bonds is 4. The fraction of sp³-hybridized carbons (Fsp3) is 0.611. The third-order valence-corrected chi connectivity index (χ3v) is 5.23. The normalized spacial score (nSPS) is 24.7. The number of benzene rings is 1. The first-order valence-corrected chi connectivity index (χ1v) is 8.47. The molecule has 2 heterocycles. The molecule has 0 radical (unpaired) electrons. The number of ether oxygens (including phenoxy) is 1. The number of amides is 1. The van der Waals surface area contributed by atoms with Crippen LogP contribution in [0, 0.1) is 5.92 Å². The van der Waals surface area contributed by atoms with E-state index in [1.807, 2.05) is 4.90 Å². The second-order valence-corrected chi connectivity index (χ2v) is 7.14. The molecule has 22 heavy (non-hydrogen) atoms. The zero-order valence-corrected chi connectivity index (χ0v) is 13.0. The standard InChI is InChI=1S/C18H24N2O2/c21-17-20(13-16-6-7-16)14-18(22-17)8-10-19(11-9-18)12-15-4-2-1-3-5-15/h1-5,16H,6-14H2. The molecule has 1 amide bonds. The lowest BCUT2D eigenvalue weighted by Gasteiger charge is -2.37. The smallest absolute Gasteiger partial charge is 0.410 e. The maximum atomic E-state index is 12.1. The van der Waals surface area contributed by atoms with Gasteiger partial charge in [0.2, 0.25) is 0 Å². The van der Waals surface area contributed by atoms with Gasteiger partial charge in [-0.2, -0.15) is 0 Å². The van der Waals surface area contributed by atoms with Crippen molar-refractivity contribution in [1.29, 1.82) is 0 Å². The Hall–Kier alpha value is -1.55. The Balaban J connectivity index is 1.32. The summed E-state index contributed by atoms with van der Waals surface area (Å²) >= 11 is 0. The highest BCUT2D eigenvalue weighted by Gasteiger charge is 2.47. The minimum atomic E-state index is -0.209. The average molecular weight is 300 g/mol. The monoisotopic (exact) mass is 300 g/mol. The highest BCUT2D eigenvalue weighted by atomic mass is 16.6. The molecule has 3 fully saturated rings. The van der Waals surface area contributed by atoms with Crippen LogP contribution in [0.3, 0.4) is 0 Å². The van der Waals surface area contributed by atoms with Crippen LogP contribution in [-0.4, -0.2) is 47.7 Å². The molecule has 4 heteroatoms. The molecule has 1 aromatic rings. The summed E-state index contributed by atoms with van der Waals surface area (Å²) in [6.45, 7) is 4.74. The molecule has 2 saturated heterocycles. The number of carbonyl (C=O) groups excluding carboxylic acids is 1. The molecular formula is C18H24N2O2. The molecule has 118 valence electrons. The third kappa shape index (κ3) is 2.98. The predicted octanol–water partition coefficient (Wildman–Crippen LogP) is 2.88. The quantitative estimate of drug-likeness (QED) is 0.857. The summed E-state index contributed by atoms with van der Waals surface area (Å²) in [6.07, 6.45) is 4.41. The van der Waals surface area contributed by atoms with Crippen molar-refractivity contribution in [3.05, 3.63) is 35.9 Å². The van der Waals surface area contributed by atoms with Crippen molar-refractivity contribution >= 4 is 6.09 Å². The first kappa shape index (κ1) is 14.1. The van der Waals surface area contributed by atoms with Crippen molar-refractivity contribution < 1.29 is 9.53 Å². The lowest BCUT2D eigenvalue weighted by atomic mass is 9.91. The molecule has 1 aliphatic carbocycles. The Kier molecular flexibility index (Phi) is 3.57. The van der Waals surface area contributed by atoms with Crippen molar-refractivity contribution in [2.45, 2.75) is 37.8 Å². The summed E-state index contributed by atoms with van der Waals surface area (Å²) in [5.41, 5.74) is 1.15. The van der Waals surface area contributed by atoms with E-state index in [-0.39, 0.29) is 11.7 Å². The molecule has 0 N–H and O–H groups in total. The molecule has 4 nitrogen and oxygen atoms in total. The fourth-order valence-corrected chi connectivity index (χ4v) is 3.67. The topological polar surface area (TPSA) is 32.8 Å². The van der Waals surface area contributed by atoms with E-state index in [9.17, 15) is 4.79 Å². The van der Waals surface area contributed by atoms with Crippen LogP contribution in [0.4, 0.5) is 4.79 Å². The molecule has 0 aromatic heterocycles. The summed E-state index contributed by atoms with van der Waals surface area (Å²) in [5.74, 6) is 0.737. The van der Waals surface area contributed by atoms with Gasteiger partial charge in [0.25, 0.3) is 0 Å². The van der Waals surface area contributed by atoms with Gasteiger partial charge in [-0.1, -0.05) is 30.3 Å². The number of piperidine rings is 1. The summed E-state index contributed by atoms with van der Waals surface area (Å²) < 4.78 is 5.79. The fourth-order valence-electron chi connectivity index (χ4n) is 3.67. The molecule has 4 rings (SSSR count). The number of nitrogens with zero attached hydrogens (tertiary/aromatic N) is 2. The maximum absolute atomic E-state index is 12.1. The Morgan fingerprint density at radius 2 is 1.86 bits per heavy atom. The van der Waals surface area contributed by atoms with Crippen LogP contribution in [0.5, 0.6) is 0 Å². The first-order chi connectivity index (χ1) is 10.7. The molecule has 0 atom stereocenters. The lowest BCUT2D eigenvalue weighted by Crippen LogP contribution is -2.46. The van der Waals surface area contributed by atoms with Gasteiger partial charge in [-0.15, -0.1) is 0 Å². The molecule has 1 saturated carbocycles. The zero-order valence-electron chi connectivity index (χ0n) is 13.0. The lowest BCUT2D eigenvalue weighted by molar-refractivity contribution is -0.00124. The second kappa shape index (κ2) is 5.58. The Bertz CT molecular complexity index is 533. The summed E-state index contributed by atoms with van der Waals surface area (Å²) in [7, 11) is 0. The van der Waals surface area contributed by atoms with Gasteiger partial charge in [-0.25, -0.2) is 4.79 Å². The van der Waals surface area contributed by atoms with E-state index in [1.165, 1.54) is 18.4 Å². The molecule has 1 aromatic carbocycles. The largest absolute Gasteiger partial charge is 0.441 e. The molecule has 3 aliphatic rings. The Morgan fingerprint density at radius 3 is 2.55 bits per heavy atom. The predicted molar refractivity (Wildman–Crippen MR) is 84.5 cm³/mol. The van der Waals surface area contributed by atoms with Gasteiger partial charge in [-0.3, -0.25) is 4.90 Å². The minimum absolute atomic E-state index is 0.0802. The van der Waals surface area contributed by atoms with E-state index in [0.29, 0.717) is 0 Å². The number of carbonyl (C=O) groups is 1. The van der Waals surface area contributed by atoms with Crippen LogP contribution in [0.1, 0.15) is 31.2 Å². The van der Waals surface area contributed by atoms with Gasteiger partial charge in [0.1, 0.15) is 5.60 Å². The van der Waals surface area contributed by atoms with Crippen LogP contribution in [0.2, 0.25) is 0 Å². The van der Waals surface area contributed by atoms with Crippen molar-refractivity contribution in [1.82, 2.24) is 9.80 Å². The number of likely N-dealkylation sites (tertiary alicyclic amines) is 1. The van der Waals surface area contributed by atoms with E-state index >= 15 is 0 Å². The minimum Gasteiger partial charge on any atom is -0.441 e. The van der Waals surface area contributed by atoms with E-state index in [1.54, 1.807) is 0 Å². The van der Waals surface area contributed by atoms with Crippen LogP contribution >= 0.6 is 0 Å². The Labute approximate surface area is 132 Å². The van der Waals surface area contributed by atoms with Crippen molar-refractivity contribution in [2.75, 3.05) is 26.2 Å². The van der Waals surface area contributed by atoms with Gasteiger partial charge >= 0.3 is 6.09 Å². The van der Waals surface area contributed by atoms with Crippen molar-refractivity contribution in [2.24, 2.45) is 5.92 Å². The van der Waals surface area contributed by atoms with Crippen LogP contribution < -0.4 is 0 Å². The SMILES string of the molecule is O=C1OC2(CCN(Cc3ccccc3)CC2)CN1CC1CC1. The summed E-state index contributed by atoms with van der Waals surface area (Å²) in [5, 5.41) is 0. The van der Waals surface area contributed by atoms with Crippen LogP contribution in [0.15, 0.2) is 30.3 Å². The number of hydrogen-bond donors (Lipinski definition) is 0. The summed E-state index contributed by atoms with van der Waals surface area (Å²) in [4.78, 5) is 16.5. The van der Waals surface area contributed by atoms with Crippen molar-refractivity contribution in [3.8, 4) is 0 Å². The van der Waals surface area contributed by atoms with E-state index < -0.39 is 0 Å². The van der Waals surface area contributed by atoms with Crippen LogP contribution in [-0.2, 0) is 11.3 Å². The Morgan fingerprint density at radius 1 is 1.14 bits per heavy atom. The molecule has 0 bridgehead atoms. The van der Waals surface area contributed by atoms with E-state index in [0.717, 1.165) is 51.5 Å². The van der Waals surface area contributed by atoms with Gasteiger partial charge in [0.05, 0.1) is 6.54 Å². The van der Waals surface area contributed by atoms with Crippen molar-refractivity contribution in [3.63, 3.8) is 0 Å². The van der Waals surface area contributed by atoms with Crippen LogP contribution in [0.25, 0.3) is 0 Å². The van der Waals surface area contributed by atoms with Gasteiger partial charge in [0.15, 0.2) is 0 Å². The van der Waals surface area contributed by atoms with E-state index in [2.05, 4.69) is 35.2 Å². The number of hydrogen-bond acceptors (Lipinski definition) is 3. The molecule has 2 aliphatic heterocycles. The third-order valence-electron chi connectivity index (χ3n) is 5.23. The second-order valence-electron chi connectivity index (χ2n) is 7.14. The van der Waals surface area contributed by atoms with E-state index in [4.69, 9.17) is 4.74 Å². The molecule has 0 unspecified atom stereocenters. The highest BCUT2D eigenvalue weighted by Crippen LogP contribution is 2.37. The summed E-state index contributed by atoms with van der Waals surface area (Å²) in [6, 6.07) is 10.6. The zero-order chi connectivity index (χ0) is 15.0. The highest BCUT2D eigenvalue weighted by molar-refractivity contribution is 5.70. The molecular weight excluding hydrogens is 276 g/mol. The first-order valence-electron chi connectivity index (χ1n) is 8.47. The van der Waals surface area contributed by atoms with Gasteiger partial charge in [0, 0.05) is 39.0 Å².